The fourth-order valence-electron chi connectivity index (χ4n) is 12.5. The van der Waals surface area contributed by atoms with Crippen LogP contribution in [-0.4, -0.2) is 33.2 Å². The van der Waals surface area contributed by atoms with Crippen LogP contribution >= 0.6 is 11.6 Å². The Morgan fingerprint density at radius 2 is 1.62 bits per heavy atom. The summed E-state index contributed by atoms with van der Waals surface area (Å²) in [6.07, 6.45) is 7.12. The smallest absolute Gasteiger partial charge is 0.303 e. The van der Waals surface area contributed by atoms with Crippen LogP contribution in [0.3, 0.4) is 0 Å². The molecule has 0 aliphatic heterocycles. The number of aromatic nitrogens is 2. The van der Waals surface area contributed by atoms with Gasteiger partial charge in [0, 0.05) is 17.5 Å². The summed E-state index contributed by atoms with van der Waals surface area (Å²) in [4.78, 5) is 27.3. The van der Waals surface area contributed by atoms with Crippen LogP contribution in [0.2, 0.25) is 5.02 Å². The van der Waals surface area contributed by atoms with Gasteiger partial charge in [0.25, 0.3) is 5.89 Å². The number of hydrogen-bond acceptors (Lipinski definition) is 7. The van der Waals surface area contributed by atoms with Crippen molar-refractivity contribution in [2.45, 2.75) is 119 Å². The van der Waals surface area contributed by atoms with Crippen LogP contribution in [0, 0.1) is 57.2 Å². The van der Waals surface area contributed by atoms with E-state index in [2.05, 4.69) is 58.7 Å². The first-order chi connectivity index (χ1) is 22.5. The van der Waals surface area contributed by atoms with Gasteiger partial charge in [0.15, 0.2) is 11.9 Å². The molecular formula is C40H53ClN2O5. The van der Waals surface area contributed by atoms with Gasteiger partial charge in [-0.15, -0.1) is 10.2 Å². The van der Waals surface area contributed by atoms with E-state index in [4.69, 9.17) is 20.8 Å². The Morgan fingerprint density at radius 1 is 0.938 bits per heavy atom. The maximum atomic E-state index is 14.7. The minimum Gasteiger partial charge on any atom is -0.452 e. The van der Waals surface area contributed by atoms with E-state index < -0.39 is 18.0 Å². The summed E-state index contributed by atoms with van der Waals surface area (Å²) in [6, 6.07) is 7.13. The summed E-state index contributed by atoms with van der Waals surface area (Å²) in [6.45, 7) is 17.9. The Morgan fingerprint density at radius 3 is 2.29 bits per heavy atom. The summed E-state index contributed by atoms with van der Waals surface area (Å²) in [7, 11) is 0. The predicted octanol–water partition coefficient (Wildman–Crippen LogP) is 9.19. The molecule has 1 aromatic carbocycles. The molecule has 10 atom stereocenters. The molecule has 0 saturated heterocycles. The molecule has 7 nitrogen and oxygen atoms in total. The minimum absolute atomic E-state index is 0.0361. The lowest BCUT2D eigenvalue weighted by Gasteiger charge is -2.71. The van der Waals surface area contributed by atoms with Crippen LogP contribution in [-0.2, 0) is 14.3 Å². The largest absolute Gasteiger partial charge is 0.452 e. The molecule has 0 spiro atoms. The molecule has 1 heterocycles. The zero-order valence-corrected chi connectivity index (χ0v) is 30.7. The molecule has 2 aromatic rings. The Balaban J connectivity index is 1.26. The number of aliphatic hydroxyl groups is 1. The van der Waals surface area contributed by atoms with Gasteiger partial charge in [0.1, 0.15) is 0 Å². The fraction of sp³-hybridized carbons (Fsp3) is 0.700. The van der Waals surface area contributed by atoms with E-state index in [0.717, 1.165) is 56.9 Å². The number of benzene rings is 1. The average Bonchev–Trinajstić information content (AvgIpc) is 3.61. The summed E-state index contributed by atoms with van der Waals surface area (Å²) in [5, 5.41) is 20.3. The molecule has 5 aliphatic carbocycles. The Labute approximate surface area is 290 Å². The van der Waals surface area contributed by atoms with Crippen molar-refractivity contribution in [2.75, 3.05) is 0 Å². The lowest BCUT2D eigenvalue weighted by atomic mass is 9.33. The molecule has 4 saturated carbocycles. The molecule has 260 valence electrons. The van der Waals surface area contributed by atoms with Gasteiger partial charge in [-0.05, 0) is 132 Å². The van der Waals surface area contributed by atoms with Gasteiger partial charge >= 0.3 is 5.97 Å². The molecule has 1 aromatic heterocycles. The van der Waals surface area contributed by atoms with Crippen LogP contribution in [0.5, 0.6) is 0 Å². The molecule has 4 fully saturated rings. The first-order valence-electron chi connectivity index (χ1n) is 18.3. The van der Waals surface area contributed by atoms with Gasteiger partial charge in [-0.1, -0.05) is 65.6 Å². The molecule has 8 heteroatoms. The second kappa shape index (κ2) is 11.5. The highest BCUT2D eigenvalue weighted by atomic mass is 35.5. The third kappa shape index (κ3) is 4.76. The summed E-state index contributed by atoms with van der Waals surface area (Å²) in [5.74, 6) is 0.828. The number of hydrogen-bond donors (Lipinski definition) is 1. The lowest BCUT2D eigenvalue weighted by molar-refractivity contribution is -0.226. The number of ketones is 1. The third-order valence-corrected chi connectivity index (χ3v) is 15.1. The fourth-order valence-corrected chi connectivity index (χ4v) is 12.6. The van der Waals surface area contributed by atoms with E-state index >= 15 is 0 Å². The number of fused-ring (bicyclic) bond motifs is 7. The van der Waals surface area contributed by atoms with E-state index in [1.807, 2.05) is 0 Å². The Bertz CT molecular complexity index is 1640. The summed E-state index contributed by atoms with van der Waals surface area (Å²) >= 11 is 6.10. The minimum atomic E-state index is -0.957. The number of ether oxygens (including phenoxy) is 1. The number of esters is 1. The van der Waals surface area contributed by atoms with Gasteiger partial charge in [0.2, 0.25) is 5.89 Å². The Hall–Kier alpha value is -2.51. The van der Waals surface area contributed by atoms with Gasteiger partial charge in [0.05, 0.1) is 12.0 Å². The first-order valence-corrected chi connectivity index (χ1v) is 18.6. The topological polar surface area (TPSA) is 103 Å². The van der Waals surface area contributed by atoms with Crippen LogP contribution in [0.1, 0.15) is 119 Å². The van der Waals surface area contributed by atoms with Crippen molar-refractivity contribution in [1.82, 2.24) is 10.2 Å². The number of nitrogens with zero attached hydrogens (tertiary/aromatic N) is 2. The molecule has 5 aliphatic rings. The number of aliphatic hydroxyl groups excluding tert-OH is 1. The predicted molar refractivity (Wildman–Crippen MR) is 185 cm³/mol. The van der Waals surface area contributed by atoms with Crippen LogP contribution < -0.4 is 0 Å². The van der Waals surface area contributed by atoms with Gasteiger partial charge in [-0.3, -0.25) is 9.59 Å². The normalized spacial score (nSPS) is 39.4. The second-order valence-corrected chi connectivity index (χ2v) is 18.0. The molecule has 7 rings (SSSR count). The highest BCUT2D eigenvalue weighted by Crippen LogP contribution is 2.76. The van der Waals surface area contributed by atoms with E-state index in [-0.39, 0.29) is 57.2 Å². The molecule has 48 heavy (non-hydrogen) atoms. The van der Waals surface area contributed by atoms with Crippen LogP contribution in [0.25, 0.3) is 11.5 Å². The quantitative estimate of drug-likeness (QED) is 0.315. The zero-order valence-electron chi connectivity index (χ0n) is 29.9. The van der Waals surface area contributed by atoms with Crippen molar-refractivity contribution in [2.24, 2.45) is 57.2 Å². The lowest BCUT2D eigenvalue weighted by Crippen LogP contribution is -2.65. The standard InChI is InChI=1S/C40H53ClN2O5/c1-21(2)30-31-25(32(33(30)46)34(47-22(3)44)36-43-42-35(48-36)23-9-11-24(41)12-10-23)15-19-39(7)26(31)13-14-28-38(6)18-17-29(45)37(4,5)27(38)16-20-40(28,39)8/h9-12,21,25-29,32,34,45H,13-20H2,1-8H3/t25?,26-,27+,28-,29+,32+,34-,38+,39-,40-/m1/s1. The summed E-state index contributed by atoms with van der Waals surface area (Å²) < 4.78 is 12.2. The van der Waals surface area contributed by atoms with Gasteiger partial charge in [-0.2, -0.15) is 0 Å². The second-order valence-electron chi connectivity index (χ2n) is 17.5. The third-order valence-electron chi connectivity index (χ3n) is 14.9. The maximum absolute atomic E-state index is 14.7. The number of rotatable bonds is 5. The van der Waals surface area contributed by atoms with Crippen molar-refractivity contribution in [3.63, 3.8) is 0 Å². The number of allylic oxidation sites excluding steroid dienone is 2. The van der Waals surface area contributed by atoms with Crippen molar-refractivity contribution in [3.8, 4) is 11.5 Å². The highest BCUT2D eigenvalue weighted by molar-refractivity contribution is 6.30. The Kier molecular flexibility index (Phi) is 8.15. The van der Waals surface area contributed by atoms with Crippen molar-refractivity contribution in [1.29, 1.82) is 0 Å². The monoisotopic (exact) mass is 676 g/mol. The average molecular weight is 677 g/mol. The molecule has 0 radical (unpaired) electrons. The molecule has 1 unspecified atom stereocenters. The summed E-state index contributed by atoms with van der Waals surface area (Å²) in [5.41, 5.74) is 3.20. The highest BCUT2D eigenvalue weighted by Gasteiger charge is 2.69. The number of halogens is 1. The SMILES string of the molecule is CC(=O)O[C@@H](c1nnc(-c2ccc(Cl)cc2)o1)[C@@H]1C(=O)C(C(C)C)=C2C1CC[C@]1(C)[C@@H]2CC[C@@H]2[C@@]3(C)CC[C@H](O)C(C)(C)[C@@H]3CC[C@]21C. The first kappa shape index (κ1) is 34.0. The molecule has 0 amide bonds. The van der Waals surface area contributed by atoms with E-state index in [1.54, 1.807) is 24.3 Å². The zero-order chi connectivity index (χ0) is 34.6. The molecule has 1 N–H and O–H groups in total. The van der Waals surface area contributed by atoms with E-state index in [0.29, 0.717) is 28.3 Å². The molecule has 0 bridgehead atoms. The van der Waals surface area contributed by atoms with Gasteiger partial charge < -0.3 is 14.3 Å². The van der Waals surface area contributed by atoms with Crippen molar-refractivity contribution < 1.29 is 23.8 Å². The number of carbonyl (C=O) groups is 2. The number of carbonyl (C=O) groups excluding carboxylic acids is 2. The van der Waals surface area contributed by atoms with Gasteiger partial charge in [-0.25, -0.2) is 0 Å². The van der Waals surface area contributed by atoms with Crippen molar-refractivity contribution >= 4 is 23.4 Å². The van der Waals surface area contributed by atoms with E-state index in [9.17, 15) is 14.7 Å². The maximum Gasteiger partial charge on any atom is 0.303 e. The van der Waals surface area contributed by atoms with Crippen LogP contribution in [0.15, 0.2) is 39.8 Å². The van der Waals surface area contributed by atoms with Crippen molar-refractivity contribution in [3.05, 3.63) is 46.3 Å². The van der Waals surface area contributed by atoms with Crippen LogP contribution in [0.4, 0.5) is 0 Å². The van der Waals surface area contributed by atoms with E-state index in [1.165, 1.54) is 12.5 Å². The number of Topliss-reactive ketones (excluding diaryl/α,β-unsaturated/α-hetero) is 1. The molecular weight excluding hydrogens is 624 g/mol.